The number of halogens is 2. The van der Waals surface area contributed by atoms with Crippen molar-refractivity contribution in [2.45, 2.75) is 13.8 Å². The molecule has 0 bridgehead atoms. The van der Waals surface area contributed by atoms with Gasteiger partial charge in [-0.1, -0.05) is 35.3 Å². The Morgan fingerprint density at radius 3 is 2.81 bits per heavy atom. The zero-order valence-electron chi connectivity index (χ0n) is 11.5. The van der Waals surface area contributed by atoms with Crippen LogP contribution in [0.2, 0.25) is 10.0 Å². The maximum atomic E-state index is 11.8. The molecule has 0 aliphatic carbocycles. The van der Waals surface area contributed by atoms with Crippen LogP contribution in [-0.2, 0) is 9.53 Å². The molecule has 1 aromatic rings. The highest BCUT2D eigenvalue weighted by molar-refractivity contribution is 6.42. The molecule has 4 nitrogen and oxygen atoms in total. The van der Waals surface area contributed by atoms with Gasteiger partial charge in [0.05, 0.1) is 22.4 Å². The summed E-state index contributed by atoms with van der Waals surface area (Å²) in [5.74, 6) is -0.821. The molecule has 1 aromatic carbocycles. The highest BCUT2D eigenvalue weighted by Crippen LogP contribution is 2.31. The molecule has 0 radical (unpaired) electrons. The molecule has 0 spiro atoms. The summed E-state index contributed by atoms with van der Waals surface area (Å²) < 4.78 is 4.90. The van der Waals surface area contributed by atoms with E-state index in [0.29, 0.717) is 21.3 Å². The lowest BCUT2D eigenvalue weighted by Crippen LogP contribution is -2.13. The minimum Gasteiger partial charge on any atom is -0.505 e. The van der Waals surface area contributed by atoms with Crippen molar-refractivity contribution in [2.75, 3.05) is 6.61 Å². The Hall–Kier alpha value is -1.78. The van der Waals surface area contributed by atoms with Crippen molar-refractivity contribution in [2.24, 2.45) is 4.99 Å². The molecule has 1 heterocycles. The third-order valence-electron chi connectivity index (χ3n) is 2.88. The number of benzene rings is 1. The van der Waals surface area contributed by atoms with E-state index >= 15 is 0 Å². The zero-order valence-corrected chi connectivity index (χ0v) is 13.0. The molecule has 1 N–H and O–H groups in total. The Labute approximate surface area is 132 Å². The summed E-state index contributed by atoms with van der Waals surface area (Å²) in [5.41, 5.74) is 1.32. The van der Waals surface area contributed by atoms with Gasteiger partial charge in [0.25, 0.3) is 0 Å². The second-order valence-corrected chi connectivity index (χ2v) is 5.10. The van der Waals surface area contributed by atoms with Crippen molar-refractivity contribution >= 4 is 41.0 Å². The quantitative estimate of drug-likeness (QED) is 0.848. The molecule has 0 fully saturated rings. The first-order valence-corrected chi connectivity index (χ1v) is 7.03. The van der Waals surface area contributed by atoms with Crippen molar-refractivity contribution in [1.82, 2.24) is 0 Å². The standard InChI is InChI=1S/C15H13Cl2NO3/c1-3-21-15(20)12-8(2)18-11(14(12)19)7-9-5-4-6-10(16)13(9)17/h4-7,19H,3H2,1-2H3. The van der Waals surface area contributed by atoms with Gasteiger partial charge in [0.2, 0.25) is 0 Å². The predicted molar refractivity (Wildman–Crippen MR) is 83.8 cm³/mol. The van der Waals surface area contributed by atoms with Crippen molar-refractivity contribution < 1.29 is 14.6 Å². The van der Waals surface area contributed by atoms with Gasteiger partial charge in [-0.05, 0) is 31.6 Å². The Morgan fingerprint density at radius 1 is 1.43 bits per heavy atom. The minimum absolute atomic E-state index is 0.0706. The predicted octanol–water partition coefficient (Wildman–Crippen LogP) is 4.18. The smallest absolute Gasteiger partial charge is 0.343 e. The number of rotatable bonds is 3. The molecule has 0 unspecified atom stereocenters. The summed E-state index contributed by atoms with van der Waals surface area (Å²) in [5, 5.41) is 10.9. The van der Waals surface area contributed by atoms with E-state index in [1.165, 1.54) is 0 Å². The monoisotopic (exact) mass is 325 g/mol. The third-order valence-corrected chi connectivity index (χ3v) is 3.72. The van der Waals surface area contributed by atoms with Crippen LogP contribution in [-0.4, -0.2) is 23.4 Å². The average molecular weight is 326 g/mol. The molecule has 1 aliphatic rings. The van der Waals surface area contributed by atoms with E-state index in [1.807, 2.05) is 0 Å². The van der Waals surface area contributed by atoms with E-state index in [-0.39, 0.29) is 23.6 Å². The number of ether oxygens (including phenoxy) is 1. The normalized spacial score (nSPS) is 16.4. The number of nitrogens with zero attached hydrogens (tertiary/aromatic N) is 1. The third kappa shape index (κ3) is 3.12. The first-order valence-electron chi connectivity index (χ1n) is 6.27. The van der Waals surface area contributed by atoms with Crippen molar-refractivity contribution in [1.29, 1.82) is 0 Å². The number of esters is 1. The van der Waals surface area contributed by atoms with E-state index in [9.17, 15) is 9.90 Å². The van der Waals surface area contributed by atoms with Crippen molar-refractivity contribution in [3.63, 3.8) is 0 Å². The molecule has 0 atom stereocenters. The van der Waals surface area contributed by atoms with Crippen LogP contribution in [0, 0.1) is 0 Å². The second-order valence-electron chi connectivity index (χ2n) is 4.31. The fourth-order valence-electron chi connectivity index (χ4n) is 1.92. The lowest BCUT2D eigenvalue weighted by molar-refractivity contribution is -0.138. The van der Waals surface area contributed by atoms with Gasteiger partial charge in [0, 0.05) is 0 Å². The molecule has 0 aromatic heterocycles. The van der Waals surface area contributed by atoms with Crippen LogP contribution in [0.5, 0.6) is 0 Å². The average Bonchev–Trinajstić information content (AvgIpc) is 2.70. The maximum Gasteiger partial charge on any atom is 0.343 e. The minimum atomic E-state index is -0.600. The van der Waals surface area contributed by atoms with Crippen LogP contribution in [0.25, 0.3) is 6.08 Å². The van der Waals surface area contributed by atoms with Crippen LogP contribution in [0.4, 0.5) is 0 Å². The molecule has 1 aliphatic heterocycles. The highest BCUT2D eigenvalue weighted by atomic mass is 35.5. The molecular weight excluding hydrogens is 313 g/mol. The second kappa shape index (κ2) is 6.33. The van der Waals surface area contributed by atoms with Gasteiger partial charge in [-0.3, -0.25) is 0 Å². The summed E-state index contributed by atoms with van der Waals surface area (Å²) >= 11 is 12.0. The number of aliphatic hydroxyl groups excluding tert-OH is 1. The van der Waals surface area contributed by atoms with Gasteiger partial charge in [0.1, 0.15) is 11.3 Å². The first-order chi connectivity index (χ1) is 9.95. The van der Waals surface area contributed by atoms with E-state index in [0.717, 1.165) is 0 Å². The van der Waals surface area contributed by atoms with Crippen LogP contribution < -0.4 is 0 Å². The number of hydrogen-bond acceptors (Lipinski definition) is 4. The first kappa shape index (κ1) is 15.6. The number of aliphatic imine (C=N–C) groups is 1. The zero-order chi connectivity index (χ0) is 15.6. The Bertz CT molecular complexity index is 690. The fourth-order valence-corrected chi connectivity index (χ4v) is 2.28. The molecule has 2 rings (SSSR count). The van der Waals surface area contributed by atoms with Gasteiger partial charge in [-0.2, -0.15) is 0 Å². The van der Waals surface area contributed by atoms with Gasteiger partial charge in [-0.15, -0.1) is 0 Å². The maximum absolute atomic E-state index is 11.8. The lowest BCUT2D eigenvalue weighted by atomic mass is 10.1. The van der Waals surface area contributed by atoms with E-state index in [4.69, 9.17) is 27.9 Å². The summed E-state index contributed by atoms with van der Waals surface area (Å²) in [6, 6.07) is 5.13. The van der Waals surface area contributed by atoms with Gasteiger partial charge >= 0.3 is 5.97 Å². The Balaban J connectivity index is 2.45. The molecule has 0 saturated carbocycles. The number of aliphatic hydroxyl groups is 1. The molecular formula is C15H13Cl2NO3. The number of carbonyl (C=O) groups is 1. The summed E-state index contributed by atoms with van der Waals surface area (Å²) in [7, 11) is 0. The molecule has 0 amide bonds. The summed E-state index contributed by atoms with van der Waals surface area (Å²) in [6.45, 7) is 3.55. The Kier molecular flexibility index (Phi) is 4.70. The van der Waals surface area contributed by atoms with Gasteiger partial charge in [-0.25, -0.2) is 9.79 Å². The SMILES string of the molecule is CCOC(=O)C1=C(O)C(=Cc2cccc(Cl)c2Cl)N=C1C. The van der Waals surface area contributed by atoms with Gasteiger partial charge in [0.15, 0.2) is 5.76 Å². The van der Waals surface area contributed by atoms with Crippen LogP contribution in [0.3, 0.4) is 0 Å². The number of carbonyl (C=O) groups excluding carboxylic acids is 1. The molecule has 21 heavy (non-hydrogen) atoms. The van der Waals surface area contributed by atoms with Gasteiger partial charge < -0.3 is 9.84 Å². The van der Waals surface area contributed by atoms with Crippen molar-refractivity contribution in [3.8, 4) is 0 Å². The lowest BCUT2D eigenvalue weighted by Gasteiger charge is -2.03. The highest BCUT2D eigenvalue weighted by Gasteiger charge is 2.27. The molecule has 0 saturated heterocycles. The van der Waals surface area contributed by atoms with Crippen LogP contribution >= 0.6 is 23.2 Å². The van der Waals surface area contributed by atoms with E-state index in [2.05, 4.69) is 4.99 Å². The van der Waals surface area contributed by atoms with E-state index in [1.54, 1.807) is 38.1 Å². The van der Waals surface area contributed by atoms with Crippen molar-refractivity contribution in [3.05, 3.63) is 50.8 Å². The van der Waals surface area contributed by atoms with E-state index < -0.39 is 5.97 Å². The largest absolute Gasteiger partial charge is 0.505 e. The summed E-state index contributed by atoms with van der Waals surface area (Å²) in [4.78, 5) is 16.0. The van der Waals surface area contributed by atoms with Crippen LogP contribution in [0.15, 0.2) is 40.2 Å². The Morgan fingerprint density at radius 2 is 2.14 bits per heavy atom. The molecule has 6 heteroatoms. The fraction of sp³-hybridized carbons (Fsp3) is 0.200. The van der Waals surface area contributed by atoms with Crippen LogP contribution in [0.1, 0.15) is 19.4 Å². The summed E-state index contributed by atoms with van der Waals surface area (Å²) in [6.07, 6.45) is 1.57. The molecule has 110 valence electrons. The number of hydrogen-bond donors (Lipinski definition) is 1. The topological polar surface area (TPSA) is 58.9 Å².